The highest BCUT2D eigenvalue weighted by Crippen LogP contribution is 2.12. The number of nitrogens with zero attached hydrogens (tertiary/aromatic N) is 1. The maximum atomic E-state index is 8.72. The molecule has 0 bridgehead atoms. The Bertz CT molecular complexity index is 355. The molecule has 0 unspecified atom stereocenters. The third kappa shape index (κ3) is 4.81. The van der Waals surface area contributed by atoms with Gasteiger partial charge < -0.3 is 10.1 Å². The maximum absolute atomic E-state index is 8.72. The number of benzene rings is 1. The molecule has 0 amide bonds. The van der Waals surface area contributed by atoms with Crippen molar-refractivity contribution in [2.24, 2.45) is 0 Å². The first kappa shape index (κ1) is 12.5. The summed E-state index contributed by atoms with van der Waals surface area (Å²) in [5.74, 6) is 0.767. The zero-order valence-corrected chi connectivity index (χ0v) is 9.86. The molecule has 0 aromatic heterocycles. The molecule has 0 fully saturated rings. The number of nitrogens with one attached hydrogen (secondary N) is 1. The van der Waals surface area contributed by atoms with E-state index in [0.717, 1.165) is 18.7 Å². The van der Waals surface area contributed by atoms with Gasteiger partial charge in [-0.05, 0) is 31.2 Å². The fourth-order valence-corrected chi connectivity index (χ4v) is 1.31. The second-order valence-corrected chi connectivity index (χ2v) is 3.95. The number of hydrogen-bond donors (Lipinski definition) is 1. The van der Waals surface area contributed by atoms with Crippen LogP contribution in [0, 0.1) is 11.3 Å². The van der Waals surface area contributed by atoms with Crippen molar-refractivity contribution in [3.63, 3.8) is 0 Å². The van der Waals surface area contributed by atoms with Crippen LogP contribution in [0.2, 0.25) is 0 Å². The first-order chi connectivity index (χ1) is 7.72. The van der Waals surface area contributed by atoms with Crippen LogP contribution >= 0.6 is 0 Å². The van der Waals surface area contributed by atoms with Gasteiger partial charge in [-0.1, -0.05) is 19.9 Å². The normalized spacial score (nSPS) is 10.1. The zero-order valence-electron chi connectivity index (χ0n) is 9.86. The lowest BCUT2D eigenvalue weighted by Crippen LogP contribution is -2.24. The minimum Gasteiger partial charge on any atom is -0.494 e. The smallest absolute Gasteiger partial charge is 0.120 e. The van der Waals surface area contributed by atoms with Gasteiger partial charge in [0.2, 0.25) is 0 Å². The van der Waals surface area contributed by atoms with E-state index in [1.165, 1.54) is 0 Å². The lowest BCUT2D eigenvalue weighted by atomic mass is 10.2. The molecule has 0 heterocycles. The van der Waals surface area contributed by atoms with Crippen molar-refractivity contribution in [1.29, 1.82) is 5.26 Å². The van der Waals surface area contributed by atoms with E-state index in [1.807, 2.05) is 12.1 Å². The standard InChI is InChI=1S/C13H18N2O/c1-11(2)15-7-4-8-16-13-6-3-5-12(9-13)10-14/h3,5-6,9,11,15H,4,7-8H2,1-2H3. The Kier molecular flexibility index (Phi) is 5.38. The molecule has 0 saturated carbocycles. The van der Waals surface area contributed by atoms with E-state index >= 15 is 0 Å². The predicted molar refractivity (Wildman–Crippen MR) is 64.4 cm³/mol. The Morgan fingerprint density at radius 3 is 2.94 bits per heavy atom. The Morgan fingerprint density at radius 1 is 1.44 bits per heavy atom. The first-order valence-corrected chi connectivity index (χ1v) is 5.58. The van der Waals surface area contributed by atoms with Crippen LogP contribution < -0.4 is 10.1 Å². The summed E-state index contributed by atoms with van der Waals surface area (Å²) in [5.41, 5.74) is 0.637. The lowest BCUT2D eigenvalue weighted by molar-refractivity contribution is 0.306. The number of hydrogen-bond acceptors (Lipinski definition) is 3. The Labute approximate surface area is 97.0 Å². The maximum Gasteiger partial charge on any atom is 0.120 e. The number of ether oxygens (including phenoxy) is 1. The summed E-state index contributed by atoms with van der Waals surface area (Å²) in [6.45, 7) is 5.87. The number of rotatable bonds is 6. The highest BCUT2D eigenvalue weighted by Gasteiger charge is 1.96. The van der Waals surface area contributed by atoms with Gasteiger partial charge in [0.15, 0.2) is 0 Å². The molecule has 86 valence electrons. The van der Waals surface area contributed by atoms with Gasteiger partial charge >= 0.3 is 0 Å². The van der Waals surface area contributed by atoms with Crippen LogP contribution in [0.15, 0.2) is 24.3 Å². The van der Waals surface area contributed by atoms with Crippen molar-refractivity contribution in [1.82, 2.24) is 5.32 Å². The van der Waals surface area contributed by atoms with E-state index < -0.39 is 0 Å². The number of nitriles is 1. The molecule has 1 aromatic carbocycles. The quantitative estimate of drug-likeness (QED) is 0.745. The predicted octanol–water partition coefficient (Wildman–Crippen LogP) is 2.33. The van der Waals surface area contributed by atoms with Crippen molar-refractivity contribution < 1.29 is 4.74 Å². The van der Waals surface area contributed by atoms with Gasteiger partial charge in [0.05, 0.1) is 18.2 Å². The van der Waals surface area contributed by atoms with Crippen molar-refractivity contribution in [2.45, 2.75) is 26.3 Å². The molecular formula is C13H18N2O. The summed E-state index contributed by atoms with van der Waals surface area (Å²) in [6.07, 6.45) is 0.967. The van der Waals surface area contributed by atoms with Crippen LogP contribution in [-0.4, -0.2) is 19.2 Å². The second kappa shape index (κ2) is 6.86. The molecule has 1 aromatic rings. The molecule has 0 atom stereocenters. The summed E-state index contributed by atoms with van der Waals surface area (Å²) in [5, 5.41) is 12.0. The van der Waals surface area contributed by atoms with Gasteiger partial charge in [-0.3, -0.25) is 0 Å². The third-order valence-corrected chi connectivity index (χ3v) is 2.11. The molecule has 0 aliphatic carbocycles. The molecule has 1 rings (SSSR count). The monoisotopic (exact) mass is 218 g/mol. The molecule has 0 aliphatic heterocycles. The van der Waals surface area contributed by atoms with E-state index in [4.69, 9.17) is 10.00 Å². The summed E-state index contributed by atoms with van der Waals surface area (Å²) in [4.78, 5) is 0. The summed E-state index contributed by atoms with van der Waals surface area (Å²) in [7, 11) is 0. The highest BCUT2D eigenvalue weighted by atomic mass is 16.5. The lowest BCUT2D eigenvalue weighted by Gasteiger charge is -2.09. The minimum absolute atomic E-state index is 0.516. The van der Waals surface area contributed by atoms with Gasteiger partial charge in [-0.25, -0.2) is 0 Å². The van der Waals surface area contributed by atoms with Crippen LogP contribution in [0.1, 0.15) is 25.8 Å². The molecule has 3 heteroatoms. The summed E-state index contributed by atoms with van der Waals surface area (Å²) in [6, 6.07) is 9.84. The minimum atomic E-state index is 0.516. The summed E-state index contributed by atoms with van der Waals surface area (Å²) >= 11 is 0. The molecule has 3 nitrogen and oxygen atoms in total. The van der Waals surface area contributed by atoms with E-state index in [-0.39, 0.29) is 0 Å². The SMILES string of the molecule is CC(C)NCCCOc1cccc(C#N)c1. The van der Waals surface area contributed by atoms with Crippen LogP contribution in [0.4, 0.5) is 0 Å². The second-order valence-electron chi connectivity index (χ2n) is 3.95. The largest absolute Gasteiger partial charge is 0.494 e. The van der Waals surface area contributed by atoms with Gasteiger partial charge in [0.25, 0.3) is 0 Å². The zero-order chi connectivity index (χ0) is 11.8. The molecule has 0 radical (unpaired) electrons. The average Bonchev–Trinajstić information content (AvgIpc) is 2.28. The third-order valence-electron chi connectivity index (χ3n) is 2.11. The topological polar surface area (TPSA) is 45.0 Å². The van der Waals surface area contributed by atoms with Crippen molar-refractivity contribution in [3.8, 4) is 11.8 Å². The van der Waals surface area contributed by atoms with Crippen molar-refractivity contribution >= 4 is 0 Å². The fraction of sp³-hybridized carbons (Fsp3) is 0.462. The Balaban J connectivity index is 2.24. The van der Waals surface area contributed by atoms with Crippen LogP contribution in [0.5, 0.6) is 5.75 Å². The summed E-state index contributed by atoms with van der Waals surface area (Å²) < 4.78 is 5.54. The molecule has 16 heavy (non-hydrogen) atoms. The van der Waals surface area contributed by atoms with E-state index in [9.17, 15) is 0 Å². The van der Waals surface area contributed by atoms with Crippen LogP contribution in [0.3, 0.4) is 0 Å². The van der Waals surface area contributed by atoms with Gasteiger partial charge in [-0.15, -0.1) is 0 Å². The molecule has 0 spiro atoms. The van der Waals surface area contributed by atoms with Gasteiger partial charge in [0.1, 0.15) is 5.75 Å². The Hall–Kier alpha value is -1.53. The van der Waals surface area contributed by atoms with Gasteiger partial charge in [-0.2, -0.15) is 5.26 Å². The van der Waals surface area contributed by atoms with Crippen LogP contribution in [0.25, 0.3) is 0 Å². The Morgan fingerprint density at radius 2 is 2.25 bits per heavy atom. The highest BCUT2D eigenvalue weighted by molar-refractivity contribution is 5.36. The van der Waals surface area contributed by atoms with Crippen molar-refractivity contribution in [2.75, 3.05) is 13.2 Å². The van der Waals surface area contributed by atoms with Crippen LogP contribution in [-0.2, 0) is 0 Å². The van der Waals surface area contributed by atoms with E-state index in [1.54, 1.807) is 12.1 Å². The molecule has 1 N–H and O–H groups in total. The molecule has 0 saturated heterocycles. The molecular weight excluding hydrogens is 200 g/mol. The first-order valence-electron chi connectivity index (χ1n) is 5.58. The average molecular weight is 218 g/mol. The molecule has 0 aliphatic rings. The fourth-order valence-electron chi connectivity index (χ4n) is 1.31. The van der Waals surface area contributed by atoms with E-state index in [0.29, 0.717) is 18.2 Å². The van der Waals surface area contributed by atoms with Crippen molar-refractivity contribution in [3.05, 3.63) is 29.8 Å². The van der Waals surface area contributed by atoms with E-state index in [2.05, 4.69) is 25.2 Å². The van der Waals surface area contributed by atoms with Gasteiger partial charge in [0, 0.05) is 6.04 Å².